The van der Waals surface area contributed by atoms with Crippen molar-refractivity contribution < 1.29 is 4.74 Å². The van der Waals surface area contributed by atoms with Crippen molar-refractivity contribution in [1.29, 1.82) is 0 Å². The standard InChI is InChI=1S/C18H13N7O/c1-3-12-7-13-10-19-18(22-16(13)9-17(12)26-2)21-14-5-4-6-15(8-14)25-11-20-23-24-25/h1,4-11H,2H3,(H,19,21,22). The molecule has 126 valence electrons. The maximum absolute atomic E-state index is 5.50. The second-order valence-electron chi connectivity index (χ2n) is 5.38. The first-order valence-electron chi connectivity index (χ1n) is 7.68. The van der Waals surface area contributed by atoms with E-state index < -0.39 is 0 Å². The lowest BCUT2D eigenvalue weighted by atomic mass is 10.1. The third-order valence-corrected chi connectivity index (χ3v) is 3.77. The van der Waals surface area contributed by atoms with Crippen LogP contribution in [-0.2, 0) is 0 Å². The third kappa shape index (κ3) is 2.89. The number of aromatic nitrogens is 6. The van der Waals surface area contributed by atoms with Crippen LogP contribution < -0.4 is 10.1 Å². The van der Waals surface area contributed by atoms with Crippen molar-refractivity contribution >= 4 is 22.5 Å². The van der Waals surface area contributed by atoms with E-state index in [-0.39, 0.29) is 0 Å². The zero-order chi connectivity index (χ0) is 17.9. The van der Waals surface area contributed by atoms with E-state index in [4.69, 9.17) is 11.2 Å². The lowest BCUT2D eigenvalue weighted by Crippen LogP contribution is -2.00. The molecule has 0 unspecified atom stereocenters. The predicted molar refractivity (Wildman–Crippen MR) is 96.5 cm³/mol. The van der Waals surface area contributed by atoms with Crippen molar-refractivity contribution in [2.75, 3.05) is 12.4 Å². The molecule has 4 rings (SSSR count). The van der Waals surface area contributed by atoms with Gasteiger partial charge in [-0.05, 0) is 34.7 Å². The molecule has 1 N–H and O–H groups in total. The van der Waals surface area contributed by atoms with Crippen LogP contribution in [0, 0.1) is 12.3 Å². The van der Waals surface area contributed by atoms with Crippen molar-refractivity contribution in [3.63, 3.8) is 0 Å². The molecule has 0 atom stereocenters. The summed E-state index contributed by atoms with van der Waals surface area (Å²) in [6, 6.07) is 11.2. The number of rotatable bonds is 4. The molecule has 0 bridgehead atoms. The number of ether oxygens (including phenoxy) is 1. The molecule has 0 saturated heterocycles. The second-order valence-corrected chi connectivity index (χ2v) is 5.38. The number of terminal acetylenes is 1. The minimum Gasteiger partial charge on any atom is -0.495 e. The van der Waals surface area contributed by atoms with Crippen LogP contribution in [-0.4, -0.2) is 37.3 Å². The second kappa shape index (κ2) is 6.49. The number of hydrogen-bond donors (Lipinski definition) is 1. The Labute approximate surface area is 148 Å². The quantitative estimate of drug-likeness (QED) is 0.569. The molecule has 0 amide bonds. The normalized spacial score (nSPS) is 10.5. The third-order valence-electron chi connectivity index (χ3n) is 3.77. The summed E-state index contributed by atoms with van der Waals surface area (Å²) in [4.78, 5) is 8.88. The van der Waals surface area contributed by atoms with Crippen molar-refractivity contribution in [3.05, 3.63) is 54.5 Å². The number of methoxy groups -OCH3 is 1. The fourth-order valence-corrected chi connectivity index (χ4v) is 2.54. The summed E-state index contributed by atoms with van der Waals surface area (Å²) in [7, 11) is 1.58. The maximum atomic E-state index is 5.50. The SMILES string of the molecule is C#Cc1cc2cnc(Nc3cccc(-n4cnnn4)c3)nc2cc1OC. The van der Waals surface area contributed by atoms with Gasteiger partial charge >= 0.3 is 0 Å². The first-order chi connectivity index (χ1) is 12.8. The van der Waals surface area contributed by atoms with Gasteiger partial charge in [0.2, 0.25) is 5.95 Å². The highest BCUT2D eigenvalue weighted by Crippen LogP contribution is 2.25. The zero-order valence-corrected chi connectivity index (χ0v) is 13.8. The van der Waals surface area contributed by atoms with Crippen molar-refractivity contribution in [3.8, 4) is 23.8 Å². The van der Waals surface area contributed by atoms with Crippen LogP contribution in [0.3, 0.4) is 0 Å². The van der Waals surface area contributed by atoms with Crippen molar-refractivity contribution in [1.82, 2.24) is 30.2 Å². The number of fused-ring (bicyclic) bond motifs is 1. The van der Waals surface area contributed by atoms with Crippen LogP contribution in [0.5, 0.6) is 5.75 Å². The van der Waals surface area contributed by atoms with E-state index in [1.165, 1.54) is 6.33 Å². The van der Waals surface area contributed by atoms with Crippen LogP contribution in [0.4, 0.5) is 11.6 Å². The summed E-state index contributed by atoms with van der Waals surface area (Å²) >= 11 is 0. The fraction of sp³-hybridized carbons (Fsp3) is 0.0556. The fourth-order valence-electron chi connectivity index (χ4n) is 2.54. The first kappa shape index (κ1) is 15.5. The molecule has 0 fully saturated rings. The molecule has 0 aliphatic carbocycles. The zero-order valence-electron chi connectivity index (χ0n) is 13.8. The molecule has 8 heteroatoms. The predicted octanol–water partition coefficient (Wildman–Crippen LogP) is 2.34. The number of nitrogens with one attached hydrogen (secondary N) is 1. The van der Waals surface area contributed by atoms with Gasteiger partial charge in [-0.1, -0.05) is 12.0 Å². The molecule has 2 heterocycles. The van der Waals surface area contributed by atoms with Gasteiger partial charge in [0.25, 0.3) is 0 Å². The Bertz CT molecular complexity index is 1120. The Balaban J connectivity index is 1.67. The van der Waals surface area contributed by atoms with E-state index in [0.717, 1.165) is 22.3 Å². The van der Waals surface area contributed by atoms with Crippen LogP contribution in [0.1, 0.15) is 5.56 Å². The molecule has 26 heavy (non-hydrogen) atoms. The number of tetrazole rings is 1. The van der Waals surface area contributed by atoms with E-state index in [2.05, 4.69) is 36.7 Å². The molecular formula is C18H13N7O. The minimum atomic E-state index is 0.460. The van der Waals surface area contributed by atoms with E-state index in [1.807, 2.05) is 30.3 Å². The average molecular weight is 343 g/mol. The van der Waals surface area contributed by atoms with Crippen LogP contribution in [0.15, 0.2) is 48.9 Å². The number of benzene rings is 2. The largest absolute Gasteiger partial charge is 0.495 e. The smallest absolute Gasteiger partial charge is 0.227 e. The summed E-state index contributed by atoms with van der Waals surface area (Å²) in [5.41, 5.74) is 3.03. The van der Waals surface area contributed by atoms with Gasteiger partial charge < -0.3 is 10.1 Å². The van der Waals surface area contributed by atoms with Gasteiger partial charge in [-0.2, -0.15) is 0 Å². The number of anilines is 2. The maximum Gasteiger partial charge on any atom is 0.227 e. The summed E-state index contributed by atoms with van der Waals surface area (Å²) in [6.07, 6.45) is 8.75. The Kier molecular flexibility index (Phi) is 3.88. The summed E-state index contributed by atoms with van der Waals surface area (Å²) < 4.78 is 6.88. The molecule has 2 aromatic carbocycles. The summed E-state index contributed by atoms with van der Waals surface area (Å²) in [6.45, 7) is 0. The lowest BCUT2D eigenvalue weighted by Gasteiger charge is -2.09. The van der Waals surface area contributed by atoms with Gasteiger partial charge in [0.05, 0.1) is 23.9 Å². The Morgan fingerprint density at radius 1 is 1.23 bits per heavy atom. The molecule has 4 aromatic rings. The Morgan fingerprint density at radius 2 is 2.15 bits per heavy atom. The van der Waals surface area contributed by atoms with E-state index in [9.17, 15) is 0 Å². The molecule has 0 radical (unpaired) electrons. The lowest BCUT2D eigenvalue weighted by molar-refractivity contribution is 0.414. The molecule has 2 aromatic heterocycles. The van der Waals surface area contributed by atoms with Crippen LogP contribution in [0.25, 0.3) is 16.6 Å². The van der Waals surface area contributed by atoms with Gasteiger partial charge in [-0.25, -0.2) is 14.6 Å². The highest BCUT2D eigenvalue weighted by atomic mass is 16.5. The van der Waals surface area contributed by atoms with Gasteiger partial charge in [0, 0.05) is 23.3 Å². The molecule has 0 aliphatic heterocycles. The summed E-state index contributed by atoms with van der Waals surface area (Å²) in [5.74, 6) is 3.66. The van der Waals surface area contributed by atoms with Crippen molar-refractivity contribution in [2.24, 2.45) is 0 Å². The molecule has 0 spiro atoms. The van der Waals surface area contributed by atoms with Crippen molar-refractivity contribution in [2.45, 2.75) is 0 Å². The highest BCUT2D eigenvalue weighted by Gasteiger charge is 2.07. The molecule has 0 saturated carbocycles. The first-order valence-corrected chi connectivity index (χ1v) is 7.68. The van der Waals surface area contributed by atoms with Crippen LogP contribution in [0.2, 0.25) is 0 Å². The number of hydrogen-bond acceptors (Lipinski definition) is 7. The topological polar surface area (TPSA) is 90.6 Å². The van der Waals surface area contributed by atoms with Gasteiger partial charge in [0.1, 0.15) is 12.1 Å². The van der Waals surface area contributed by atoms with Crippen LogP contribution >= 0.6 is 0 Å². The average Bonchev–Trinajstić information content (AvgIpc) is 3.22. The molecule has 8 nitrogen and oxygen atoms in total. The van der Waals surface area contributed by atoms with E-state index in [0.29, 0.717) is 17.3 Å². The summed E-state index contributed by atoms with van der Waals surface area (Å²) in [5, 5.41) is 15.2. The molecule has 0 aliphatic rings. The number of nitrogens with zero attached hydrogens (tertiary/aromatic N) is 6. The minimum absolute atomic E-state index is 0.460. The Morgan fingerprint density at radius 3 is 2.92 bits per heavy atom. The van der Waals surface area contributed by atoms with Gasteiger partial charge in [-0.3, -0.25) is 0 Å². The van der Waals surface area contributed by atoms with Gasteiger partial charge in [-0.15, -0.1) is 11.5 Å². The van der Waals surface area contributed by atoms with Gasteiger partial charge in [0.15, 0.2) is 0 Å². The van der Waals surface area contributed by atoms with E-state index in [1.54, 1.807) is 24.1 Å². The molecular weight excluding hydrogens is 330 g/mol. The van der Waals surface area contributed by atoms with E-state index >= 15 is 0 Å². The monoisotopic (exact) mass is 343 g/mol. The Hall–Kier alpha value is -3.99. The highest BCUT2D eigenvalue weighted by molar-refractivity contribution is 5.83.